The number of alkyl halides is 3. The zero-order valence-corrected chi connectivity index (χ0v) is 19.4. The number of morpholine rings is 1. The third kappa shape index (κ3) is 3.39. The van der Waals surface area contributed by atoms with Crippen molar-refractivity contribution in [2.75, 3.05) is 24.8 Å². The fourth-order valence-corrected chi connectivity index (χ4v) is 6.26. The number of aromatic hydroxyl groups is 1. The molecule has 36 heavy (non-hydrogen) atoms. The Morgan fingerprint density at radius 3 is 2.72 bits per heavy atom. The van der Waals surface area contributed by atoms with Gasteiger partial charge in [0.2, 0.25) is 5.43 Å². The van der Waals surface area contributed by atoms with Crippen molar-refractivity contribution in [3.63, 3.8) is 0 Å². The first-order valence-electron chi connectivity index (χ1n) is 11.2. The summed E-state index contributed by atoms with van der Waals surface area (Å²) in [6.07, 6.45) is -2.85. The van der Waals surface area contributed by atoms with Crippen LogP contribution < -0.4 is 10.4 Å². The molecule has 8 nitrogen and oxygen atoms in total. The number of amides is 1. The first-order valence-corrected chi connectivity index (χ1v) is 12.1. The molecular weight excluding hydrogens is 497 g/mol. The van der Waals surface area contributed by atoms with Gasteiger partial charge in [0.05, 0.1) is 19.3 Å². The first-order chi connectivity index (χ1) is 17.3. The number of nitrogens with zero attached hydrogens (tertiary/aromatic N) is 4. The molecule has 0 aliphatic carbocycles. The molecular formula is C24H19F3N4O4S. The minimum atomic E-state index is -4.66. The summed E-state index contributed by atoms with van der Waals surface area (Å²) in [7, 11) is 0. The monoisotopic (exact) mass is 516 g/mol. The highest BCUT2D eigenvalue weighted by Gasteiger charge is 2.47. The summed E-state index contributed by atoms with van der Waals surface area (Å²) in [6, 6.07) is 9.18. The number of hydrogen-bond acceptors (Lipinski definition) is 7. The first kappa shape index (κ1) is 22.9. The topological polar surface area (TPSA) is 87.9 Å². The van der Waals surface area contributed by atoms with Gasteiger partial charge in [-0.15, -0.1) is 11.8 Å². The summed E-state index contributed by atoms with van der Waals surface area (Å²) in [5.74, 6) is -1.21. The lowest BCUT2D eigenvalue weighted by molar-refractivity contribution is -0.141. The van der Waals surface area contributed by atoms with E-state index in [9.17, 15) is 27.9 Å². The molecule has 6 rings (SSSR count). The van der Waals surface area contributed by atoms with E-state index in [-0.39, 0.29) is 36.8 Å². The second-order valence-corrected chi connectivity index (χ2v) is 9.63. The van der Waals surface area contributed by atoms with Crippen LogP contribution in [0.25, 0.3) is 0 Å². The molecule has 2 aromatic heterocycles. The van der Waals surface area contributed by atoms with E-state index in [0.717, 1.165) is 22.7 Å². The molecule has 0 unspecified atom stereocenters. The van der Waals surface area contributed by atoms with Crippen LogP contribution in [0.3, 0.4) is 0 Å². The Balaban J connectivity index is 1.67. The van der Waals surface area contributed by atoms with Gasteiger partial charge < -0.3 is 14.7 Å². The lowest BCUT2D eigenvalue weighted by atomic mass is 9.93. The van der Waals surface area contributed by atoms with Gasteiger partial charge in [-0.05, 0) is 28.8 Å². The highest BCUT2D eigenvalue weighted by Crippen LogP contribution is 2.46. The summed E-state index contributed by atoms with van der Waals surface area (Å²) in [6.45, 7) is 0.544. The van der Waals surface area contributed by atoms with E-state index >= 15 is 0 Å². The second kappa shape index (κ2) is 8.27. The Kier molecular flexibility index (Phi) is 5.27. The Morgan fingerprint density at radius 1 is 1.11 bits per heavy atom. The van der Waals surface area contributed by atoms with Gasteiger partial charge in [-0.25, -0.2) is 0 Å². The predicted octanol–water partition coefficient (Wildman–Crippen LogP) is 3.11. The predicted molar refractivity (Wildman–Crippen MR) is 123 cm³/mol. The van der Waals surface area contributed by atoms with Crippen molar-refractivity contribution in [2.24, 2.45) is 0 Å². The van der Waals surface area contributed by atoms with Gasteiger partial charge in [-0.3, -0.25) is 24.3 Å². The number of benzene rings is 1. The van der Waals surface area contributed by atoms with Gasteiger partial charge >= 0.3 is 6.18 Å². The van der Waals surface area contributed by atoms with E-state index in [4.69, 9.17) is 4.74 Å². The molecule has 0 saturated carbocycles. The summed E-state index contributed by atoms with van der Waals surface area (Å²) in [4.78, 5) is 31.6. The molecule has 0 radical (unpaired) electrons. The standard InChI is InChI=1S/C24H19F3N4O4S/c25-24(26,27)22-15-12-36-17-4-2-1-3-14(17)19(13(15)5-7-28-22)31-18-11-35-10-9-29(18)23(34)20-21(33)16(32)6-8-30(20)31/h1-8,18-19,33H,9-12H2/t18-,19+/m1/s1. The number of fused-ring (bicyclic) bond motifs is 4. The van der Waals surface area contributed by atoms with Gasteiger partial charge in [-0.2, -0.15) is 13.2 Å². The Bertz CT molecular complexity index is 1440. The zero-order valence-electron chi connectivity index (χ0n) is 18.6. The van der Waals surface area contributed by atoms with E-state index in [2.05, 4.69) is 4.98 Å². The number of pyridine rings is 2. The highest BCUT2D eigenvalue weighted by molar-refractivity contribution is 7.98. The van der Waals surface area contributed by atoms with Crippen molar-refractivity contribution in [3.05, 3.63) is 87.1 Å². The quantitative estimate of drug-likeness (QED) is 0.532. The van der Waals surface area contributed by atoms with Crippen molar-refractivity contribution in [1.29, 1.82) is 0 Å². The number of carbonyl (C=O) groups excluding carboxylic acids is 1. The molecule has 1 fully saturated rings. The maximum Gasteiger partial charge on any atom is 0.433 e. The van der Waals surface area contributed by atoms with Crippen molar-refractivity contribution in [1.82, 2.24) is 14.6 Å². The molecule has 0 spiro atoms. The average Bonchev–Trinajstić information content (AvgIpc) is 3.03. The van der Waals surface area contributed by atoms with Crippen molar-refractivity contribution in [2.45, 2.75) is 29.0 Å². The average molecular weight is 517 g/mol. The van der Waals surface area contributed by atoms with Gasteiger partial charge in [0.15, 0.2) is 11.4 Å². The van der Waals surface area contributed by atoms with Gasteiger partial charge in [0.1, 0.15) is 11.9 Å². The fraction of sp³-hybridized carbons (Fsp3) is 0.292. The number of ether oxygens (including phenoxy) is 1. The molecule has 3 aromatic rings. The number of hydrogen-bond donors (Lipinski definition) is 1. The third-order valence-corrected chi connectivity index (χ3v) is 7.80. The molecule has 5 heterocycles. The summed E-state index contributed by atoms with van der Waals surface area (Å²) >= 11 is 1.28. The number of aromatic nitrogens is 2. The molecule has 12 heteroatoms. The van der Waals surface area contributed by atoms with E-state index < -0.39 is 41.2 Å². The minimum absolute atomic E-state index is 0.0446. The maximum atomic E-state index is 14.0. The SMILES string of the molecule is O=C1c2c(O)c(=O)ccn2N([C@@H]2c3ccccc3SCc3c2ccnc3C(F)(F)F)[C@@H]2COCCN12. The summed E-state index contributed by atoms with van der Waals surface area (Å²) in [5, 5.41) is 12.3. The fourth-order valence-electron chi connectivity index (χ4n) is 5.13. The summed E-state index contributed by atoms with van der Waals surface area (Å²) < 4.78 is 49.2. The lowest BCUT2D eigenvalue weighted by Gasteiger charge is -2.51. The van der Waals surface area contributed by atoms with E-state index in [1.54, 1.807) is 17.1 Å². The molecule has 186 valence electrons. The zero-order chi connectivity index (χ0) is 25.2. The minimum Gasteiger partial charge on any atom is -0.502 e. The second-order valence-electron chi connectivity index (χ2n) is 8.61. The van der Waals surface area contributed by atoms with Crippen molar-refractivity contribution < 1.29 is 27.8 Å². The van der Waals surface area contributed by atoms with Crippen LogP contribution in [-0.4, -0.2) is 51.5 Å². The molecule has 1 N–H and O–H groups in total. The van der Waals surface area contributed by atoms with E-state index in [1.165, 1.54) is 27.5 Å². The van der Waals surface area contributed by atoms with Gasteiger partial charge in [0.25, 0.3) is 5.91 Å². The van der Waals surface area contributed by atoms with Crippen molar-refractivity contribution in [3.8, 4) is 5.75 Å². The normalized spacial score (nSPS) is 21.2. The van der Waals surface area contributed by atoms with Crippen LogP contribution in [-0.2, 0) is 16.7 Å². The van der Waals surface area contributed by atoms with Gasteiger partial charge in [-0.1, -0.05) is 18.2 Å². The maximum absolute atomic E-state index is 14.0. The van der Waals surface area contributed by atoms with Crippen LogP contribution in [0.4, 0.5) is 13.2 Å². The number of carbonyl (C=O) groups is 1. The molecule has 3 aliphatic rings. The van der Waals surface area contributed by atoms with Crippen LogP contribution in [0, 0.1) is 0 Å². The number of rotatable bonds is 1. The Labute approximate surface area is 206 Å². The van der Waals surface area contributed by atoms with Crippen LogP contribution in [0.1, 0.15) is 38.9 Å². The number of halogens is 3. The third-order valence-electron chi connectivity index (χ3n) is 6.68. The molecule has 2 atom stereocenters. The number of thioether (sulfide) groups is 1. The highest BCUT2D eigenvalue weighted by atomic mass is 32.2. The molecule has 1 saturated heterocycles. The van der Waals surface area contributed by atoms with Crippen LogP contribution in [0.15, 0.2) is 58.5 Å². The molecule has 3 aliphatic heterocycles. The summed E-state index contributed by atoms with van der Waals surface area (Å²) in [5.41, 5.74) is -0.770. The van der Waals surface area contributed by atoms with Crippen molar-refractivity contribution >= 4 is 17.7 Å². The Morgan fingerprint density at radius 2 is 1.92 bits per heavy atom. The van der Waals surface area contributed by atoms with Crippen LogP contribution in [0.5, 0.6) is 5.75 Å². The van der Waals surface area contributed by atoms with Crippen LogP contribution in [0.2, 0.25) is 0 Å². The molecule has 1 amide bonds. The Hall–Kier alpha value is -3.51. The molecule has 0 bridgehead atoms. The molecule has 1 aromatic carbocycles. The van der Waals surface area contributed by atoms with E-state index in [1.807, 2.05) is 18.2 Å². The smallest absolute Gasteiger partial charge is 0.433 e. The van der Waals surface area contributed by atoms with Crippen LogP contribution >= 0.6 is 11.8 Å². The van der Waals surface area contributed by atoms with E-state index in [0.29, 0.717) is 5.56 Å². The lowest BCUT2D eigenvalue weighted by Crippen LogP contribution is -2.66. The largest absolute Gasteiger partial charge is 0.502 e. The van der Waals surface area contributed by atoms with Gasteiger partial charge in [0, 0.05) is 35.7 Å².